The van der Waals surface area contributed by atoms with Crippen molar-refractivity contribution in [1.29, 1.82) is 0 Å². The van der Waals surface area contributed by atoms with Crippen LogP contribution >= 0.6 is 11.3 Å². The Morgan fingerprint density at radius 1 is 1.24 bits per heavy atom. The first-order chi connectivity index (χ1) is 9.80. The third-order valence-corrected chi connectivity index (χ3v) is 6.30. The number of fused-ring (bicyclic) bond motifs is 1. The van der Waals surface area contributed by atoms with Crippen LogP contribution < -0.4 is 10.0 Å². The summed E-state index contributed by atoms with van der Waals surface area (Å²) in [6.45, 7) is 3.62. The van der Waals surface area contributed by atoms with Gasteiger partial charge in [0.25, 0.3) is 10.0 Å². The number of thiophene rings is 1. The van der Waals surface area contributed by atoms with Gasteiger partial charge in [-0.2, -0.15) is 0 Å². The van der Waals surface area contributed by atoms with Gasteiger partial charge < -0.3 is 5.32 Å². The Balaban J connectivity index is 1.97. The molecule has 2 heterocycles. The number of hydrogen-bond donors (Lipinski definition) is 2. The van der Waals surface area contributed by atoms with Crippen molar-refractivity contribution in [3.8, 4) is 0 Å². The molecule has 21 heavy (non-hydrogen) atoms. The Hall–Kier alpha value is -1.86. The summed E-state index contributed by atoms with van der Waals surface area (Å²) in [6.07, 6.45) is 0. The molecule has 0 fully saturated rings. The fourth-order valence-corrected chi connectivity index (χ4v) is 4.30. The van der Waals surface area contributed by atoms with Crippen molar-refractivity contribution in [3.63, 3.8) is 0 Å². The van der Waals surface area contributed by atoms with Crippen molar-refractivity contribution in [2.24, 2.45) is 0 Å². The molecule has 1 aliphatic rings. The summed E-state index contributed by atoms with van der Waals surface area (Å²) in [5, 5.41) is 4.50. The van der Waals surface area contributed by atoms with E-state index >= 15 is 0 Å². The average molecular weight is 322 g/mol. The van der Waals surface area contributed by atoms with Gasteiger partial charge in [0.1, 0.15) is 4.21 Å². The number of amides is 1. The van der Waals surface area contributed by atoms with E-state index in [4.69, 9.17) is 0 Å². The topological polar surface area (TPSA) is 75.3 Å². The van der Waals surface area contributed by atoms with Gasteiger partial charge in [-0.3, -0.25) is 9.52 Å². The maximum Gasteiger partial charge on any atom is 0.271 e. The first kappa shape index (κ1) is 14.1. The summed E-state index contributed by atoms with van der Waals surface area (Å²) in [7, 11) is -3.58. The van der Waals surface area contributed by atoms with Gasteiger partial charge in [-0.05, 0) is 49.1 Å². The predicted molar refractivity (Wildman–Crippen MR) is 83.2 cm³/mol. The molecule has 0 unspecified atom stereocenters. The monoisotopic (exact) mass is 322 g/mol. The van der Waals surface area contributed by atoms with Crippen LogP contribution in [0.25, 0.3) is 0 Å². The Bertz CT molecular complexity index is 809. The summed E-state index contributed by atoms with van der Waals surface area (Å²) in [5.41, 5.74) is 1.30. The molecule has 1 aromatic heterocycles. The number of anilines is 2. The highest BCUT2D eigenvalue weighted by Gasteiger charge is 2.38. The first-order valence-corrected chi connectivity index (χ1v) is 8.69. The summed E-state index contributed by atoms with van der Waals surface area (Å²) in [5.74, 6) is -0.0873. The van der Waals surface area contributed by atoms with E-state index in [1.807, 2.05) is 13.8 Å². The van der Waals surface area contributed by atoms with Crippen LogP contribution in [0.15, 0.2) is 39.9 Å². The van der Waals surface area contributed by atoms with Crippen molar-refractivity contribution in [2.75, 3.05) is 10.0 Å². The van der Waals surface area contributed by atoms with E-state index in [1.54, 1.807) is 35.7 Å². The molecule has 0 radical (unpaired) electrons. The second-order valence-corrected chi connectivity index (χ2v) is 8.23. The molecule has 0 bridgehead atoms. The SMILES string of the molecule is CC1(C)C(=O)Nc2ccc(NS(=O)(=O)c3cccs3)cc21. The van der Waals surface area contributed by atoms with E-state index in [9.17, 15) is 13.2 Å². The van der Waals surface area contributed by atoms with Crippen molar-refractivity contribution in [3.05, 3.63) is 41.3 Å². The molecule has 1 amide bonds. The second-order valence-electron chi connectivity index (χ2n) is 5.38. The van der Waals surface area contributed by atoms with E-state index in [1.165, 1.54) is 0 Å². The lowest BCUT2D eigenvalue weighted by atomic mass is 9.86. The Kier molecular flexibility index (Phi) is 3.07. The minimum Gasteiger partial charge on any atom is -0.325 e. The van der Waals surface area contributed by atoms with Crippen molar-refractivity contribution < 1.29 is 13.2 Å². The molecule has 1 aliphatic heterocycles. The van der Waals surface area contributed by atoms with Gasteiger partial charge in [-0.25, -0.2) is 8.42 Å². The maximum absolute atomic E-state index is 12.2. The molecule has 0 saturated heterocycles. The quantitative estimate of drug-likeness (QED) is 0.912. The van der Waals surface area contributed by atoms with Gasteiger partial charge in [0, 0.05) is 11.4 Å². The zero-order valence-corrected chi connectivity index (χ0v) is 13.1. The van der Waals surface area contributed by atoms with Gasteiger partial charge >= 0.3 is 0 Å². The molecule has 110 valence electrons. The Labute approximate surface area is 127 Å². The van der Waals surface area contributed by atoms with E-state index in [0.29, 0.717) is 5.69 Å². The third kappa shape index (κ3) is 2.32. The molecule has 5 nitrogen and oxygen atoms in total. The number of rotatable bonds is 3. The van der Waals surface area contributed by atoms with E-state index < -0.39 is 15.4 Å². The number of carbonyl (C=O) groups is 1. The molecule has 2 N–H and O–H groups in total. The van der Waals surface area contributed by atoms with Crippen molar-refractivity contribution >= 4 is 38.6 Å². The van der Waals surface area contributed by atoms with E-state index in [0.717, 1.165) is 22.6 Å². The number of benzene rings is 1. The minimum absolute atomic E-state index is 0.0873. The molecule has 0 spiro atoms. The zero-order chi connectivity index (χ0) is 15.3. The lowest BCUT2D eigenvalue weighted by molar-refractivity contribution is -0.119. The number of carbonyl (C=O) groups excluding carboxylic acids is 1. The zero-order valence-electron chi connectivity index (χ0n) is 11.5. The van der Waals surface area contributed by atoms with Crippen LogP contribution in [0, 0.1) is 0 Å². The third-order valence-electron chi connectivity index (χ3n) is 3.52. The Morgan fingerprint density at radius 2 is 2.00 bits per heavy atom. The molecule has 0 aliphatic carbocycles. The minimum atomic E-state index is -3.58. The lowest BCUT2D eigenvalue weighted by Gasteiger charge is -2.16. The van der Waals surface area contributed by atoms with Gasteiger partial charge in [0.2, 0.25) is 5.91 Å². The predicted octanol–water partition coefficient (Wildman–Crippen LogP) is 2.78. The number of nitrogens with one attached hydrogen (secondary N) is 2. The van der Waals surface area contributed by atoms with Gasteiger partial charge in [0.05, 0.1) is 5.41 Å². The standard InChI is InChI=1S/C14H14N2O3S2/c1-14(2)10-8-9(5-6-11(10)15-13(14)17)16-21(18,19)12-4-3-7-20-12/h3-8,16H,1-2H3,(H,15,17). The molecular weight excluding hydrogens is 308 g/mol. The Morgan fingerprint density at radius 3 is 2.67 bits per heavy atom. The van der Waals surface area contributed by atoms with Crippen LogP contribution in [0.3, 0.4) is 0 Å². The number of sulfonamides is 1. The maximum atomic E-state index is 12.2. The van der Waals surface area contributed by atoms with Crippen molar-refractivity contribution in [1.82, 2.24) is 0 Å². The molecule has 0 saturated carbocycles. The van der Waals surface area contributed by atoms with Crippen LogP contribution in [0.5, 0.6) is 0 Å². The van der Waals surface area contributed by atoms with Crippen LogP contribution in [-0.2, 0) is 20.2 Å². The normalized spacial score (nSPS) is 16.4. The molecule has 7 heteroatoms. The van der Waals surface area contributed by atoms with E-state index in [2.05, 4.69) is 10.0 Å². The fraction of sp³-hybridized carbons (Fsp3) is 0.214. The van der Waals surface area contributed by atoms with Gasteiger partial charge in [0.15, 0.2) is 0 Å². The molecule has 0 atom stereocenters. The van der Waals surface area contributed by atoms with Crippen LogP contribution in [0.4, 0.5) is 11.4 Å². The molecule has 3 rings (SSSR count). The van der Waals surface area contributed by atoms with Crippen molar-refractivity contribution in [2.45, 2.75) is 23.5 Å². The van der Waals surface area contributed by atoms with E-state index in [-0.39, 0.29) is 10.1 Å². The summed E-state index contributed by atoms with van der Waals surface area (Å²) in [4.78, 5) is 11.9. The fourth-order valence-electron chi connectivity index (χ4n) is 2.26. The van der Waals surface area contributed by atoms with Gasteiger partial charge in [-0.15, -0.1) is 11.3 Å². The summed E-state index contributed by atoms with van der Waals surface area (Å²) in [6, 6.07) is 8.31. The lowest BCUT2D eigenvalue weighted by Crippen LogP contribution is -2.26. The molecular formula is C14H14N2O3S2. The average Bonchev–Trinajstić information content (AvgIpc) is 3.00. The number of hydrogen-bond acceptors (Lipinski definition) is 4. The van der Waals surface area contributed by atoms with Gasteiger partial charge in [-0.1, -0.05) is 6.07 Å². The van der Waals surface area contributed by atoms with Crippen LogP contribution in [0.1, 0.15) is 19.4 Å². The summed E-state index contributed by atoms with van der Waals surface area (Å²) < 4.78 is 27.2. The van der Waals surface area contributed by atoms with Crippen LogP contribution in [-0.4, -0.2) is 14.3 Å². The molecule has 1 aromatic carbocycles. The second kappa shape index (κ2) is 4.57. The highest BCUT2D eigenvalue weighted by Crippen LogP contribution is 2.39. The smallest absolute Gasteiger partial charge is 0.271 e. The first-order valence-electron chi connectivity index (χ1n) is 6.33. The largest absolute Gasteiger partial charge is 0.325 e. The molecule has 2 aromatic rings. The highest BCUT2D eigenvalue weighted by molar-refractivity contribution is 7.94. The van der Waals surface area contributed by atoms with Crippen LogP contribution in [0.2, 0.25) is 0 Å². The highest BCUT2D eigenvalue weighted by atomic mass is 32.2. The summed E-state index contributed by atoms with van der Waals surface area (Å²) >= 11 is 1.16.